The minimum atomic E-state index is 0.559. The summed E-state index contributed by atoms with van der Waals surface area (Å²) in [7, 11) is 0. The van der Waals surface area contributed by atoms with Crippen molar-refractivity contribution < 1.29 is 0 Å². The van der Waals surface area contributed by atoms with Crippen LogP contribution < -0.4 is 4.90 Å². The summed E-state index contributed by atoms with van der Waals surface area (Å²) in [4.78, 5) is 12.6. The number of imidazole rings is 1. The van der Waals surface area contributed by atoms with Crippen LogP contribution in [0.4, 0.5) is 5.69 Å². The molecule has 4 rings (SSSR count). The van der Waals surface area contributed by atoms with Gasteiger partial charge in [-0.05, 0) is 43.2 Å². The summed E-state index contributed by atoms with van der Waals surface area (Å²) in [6.45, 7) is 6.81. The lowest BCUT2D eigenvalue weighted by Crippen LogP contribution is -2.50. The van der Waals surface area contributed by atoms with Crippen LogP contribution in [-0.4, -0.2) is 47.1 Å². The smallest absolute Gasteiger partial charge is 0.0931 e. The number of aromatic amines is 1. The molecule has 0 aliphatic carbocycles. The first kappa shape index (κ1) is 15.2. The van der Waals surface area contributed by atoms with Crippen LogP contribution in [0, 0.1) is 0 Å². The van der Waals surface area contributed by atoms with E-state index in [-0.39, 0.29) is 0 Å². The number of H-pyrrole nitrogens is 1. The second-order valence-electron chi connectivity index (χ2n) is 6.67. The Kier molecular flexibility index (Phi) is 4.22. The fraction of sp³-hybridized carbons (Fsp3) is 0.350. The molecule has 1 N–H and O–H groups in total. The van der Waals surface area contributed by atoms with E-state index in [1.54, 1.807) is 6.33 Å². The van der Waals surface area contributed by atoms with Gasteiger partial charge in [0.25, 0.3) is 0 Å². The van der Waals surface area contributed by atoms with E-state index in [1.807, 2.05) is 0 Å². The number of para-hydroxylation sites is 1. The minimum Gasteiger partial charge on any atom is -0.369 e. The molecule has 4 nitrogen and oxygen atoms in total. The average Bonchev–Trinajstić information content (AvgIpc) is 3.10. The minimum absolute atomic E-state index is 0.559. The van der Waals surface area contributed by atoms with Crippen molar-refractivity contribution >= 4 is 16.7 Å². The van der Waals surface area contributed by atoms with Crippen molar-refractivity contribution in [2.45, 2.75) is 19.4 Å². The topological polar surface area (TPSA) is 35.2 Å². The monoisotopic (exact) mass is 320 g/mol. The maximum Gasteiger partial charge on any atom is 0.0931 e. The molecule has 0 spiro atoms. The Balaban J connectivity index is 1.36. The molecule has 1 aromatic heterocycles. The fourth-order valence-electron chi connectivity index (χ4n) is 3.64. The van der Waals surface area contributed by atoms with Gasteiger partial charge in [0.15, 0.2) is 0 Å². The molecule has 0 amide bonds. The van der Waals surface area contributed by atoms with E-state index < -0.39 is 0 Å². The molecule has 3 aromatic rings. The molecule has 1 unspecified atom stereocenters. The zero-order valence-electron chi connectivity index (χ0n) is 14.2. The molecule has 2 aromatic carbocycles. The third-order valence-corrected chi connectivity index (χ3v) is 5.07. The van der Waals surface area contributed by atoms with Crippen LogP contribution in [0.15, 0.2) is 54.9 Å². The van der Waals surface area contributed by atoms with E-state index in [4.69, 9.17) is 0 Å². The van der Waals surface area contributed by atoms with Gasteiger partial charge < -0.3 is 9.88 Å². The number of hydrogen-bond acceptors (Lipinski definition) is 3. The van der Waals surface area contributed by atoms with Crippen molar-refractivity contribution in [1.29, 1.82) is 0 Å². The van der Waals surface area contributed by atoms with Crippen molar-refractivity contribution in [3.8, 4) is 0 Å². The van der Waals surface area contributed by atoms with Crippen LogP contribution in [-0.2, 0) is 6.42 Å². The first-order chi connectivity index (χ1) is 11.8. The van der Waals surface area contributed by atoms with Gasteiger partial charge in [-0.25, -0.2) is 4.98 Å². The fourth-order valence-corrected chi connectivity index (χ4v) is 3.64. The van der Waals surface area contributed by atoms with Gasteiger partial charge in [-0.3, -0.25) is 4.90 Å². The second kappa shape index (κ2) is 6.65. The van der Waals surface area contributed by atoms with Gasteiger partial charge in [0.05, 0.1) is 17.4 Å². The highest BCUT2D eigenvalue weighted by atomic mass is 15.3. The second-order valence-corrected chi connectivity index (χ2v) is 6.67. The van der Waals surface area contributed by atoms with Crippen molar-refractivity contribution in [3.05, 3.63) is 60.4 Å². The summed E-state index contributed by atoms with van der Waals surface area (Å²) >= 11 is 0. The third-order valence-electron chi connectivity index (χ3n) is 5.07. The van der Waals surface area contributed by atoms with E-state index in [0.717, 1.165) is 43.6 Å². The number of anilines is 1. The summed E-state index contributed by atoms with van der Waals surface area (Å²) in [5.41, 5.74) is 4.90. The molecule has 1 aliphatic heterocycles. The quantitative estimate of drug-likeness (QED) is 0.801. The van der Waals surface area contributed by atoms with E-state index in [1.165, 1.54) is 11.3 Å². The van der Waals surface area contributed by atoms with Crippen LogP contribution in [0.25, 0.3) is 11.0 Å². The van der Waals surface area contributed by atoms with Crippen molar-refractivity contribution in [1.82, 2.24) is 14.9 Å². The standard InChI is InChI=1S/C20H24N4/c1-16(13-17-7-8-19-20(14-17)22-15-21-19)23-9-11-24(12-10-23)18-5-3-2-4-6-18/h2-8,14-16H,9-13H2,1H3,(H,21,22). The highest BCUT2D eigenvalue weighted by molar-refractivity contribution is 5.75. The third kappa shape index (κ3) is 3.15. The number of rotatable bonds is 4. The molecule has 124 valence electrons. The first-order valence-corrected chi connectivity index (χ1v) is 8.76. The van der Waals surface area contributed by atoms with Gasteiger partial charge in [0, 0.05) is 37.9 Å². The zero-order valence-corrected chi connectivity index (χ0v) is 14.2. The van der Waals surface area contributed by atoms with Crippen molar-refractivity contribution in [2.75, 3.05) is 31.1 Å². The Labute approximate surface area is 143 Å². The predicted molar refractivity (Wildman–Crippen MR) is 99.5 cm³/mol. The molecule has 24 heavy (non-hydrogen) atoms. The number of aromatic nitrogens is 2. The number of piperazine rings is 1. The van der Waals surface area contributed by atoms with E-state index in [9.17, 15) is 0 Å². The number of hydrogen-bond donors (Lipinski definition) is 1. The summed E-state index contributed by atoms with van der Waals surface area (Å²) in [5, 5.41) is 0. The largest absolute Gasteiger partial charge is 0.369 e. The number of benzene rings is 2. The Hall–Kier alpha value is -2.33. The Morgan fingerprint density at radius 1 is 1.04 bits per heavy atom. The average molecular weight is 320 g/mol. The molecule has 4 heteroatoms. The molecule has 1 saturated heterocycles. The molecule has 1 atom stereocenters. The van der Waals surface area contributed by atoms with Gasteiger partial charge in [-0.15, -0.1) is 0 Å². The Morgan fingerprint density at radius 2 is 1.83 bits per heavy atom. The summed E-state index contributed by atoms with van der Waals surface area (Å²) < 4.78 is 0. The van der Waals surface area contributed by atoms with E-state index in [2.05, 4.69) is 75.2 Å². The predicted octanol–water partition coefficient (Wildman–Crippen LogP) is 3.32. The number of fused-ring (bicyclic) bond motifs is 1. The van der Waals surface area contributed by atoms with Gasteiger partial charge in [-0.2, -0.15) is 0 Å². The molecule has 1 aliphatic rings. The summed E-state index contributed by atoms with van der Waals surface area (Å²) in [5.74, 6) is 0. The van der Waals surface area contributed by atoms with Crippen molar-refractivity contribution in [2.24, 2.45) is 0 Å². The Bertz CT molecular complexity index is 788. The summed E-state index contributed by atoms with van der Waals surface area (Å²) in [6, 6.07) is 17.9. The molecule has 0 saturated carbocycles. The van der Waals surface area contributed by atoms with E-state index in [0.29, 0.717) is 6.04 Å². The van der Waals surface area contributed by atoms with Crippen LogP contribution >= 0.6 is 0 Å². The summed E-state index contributed by atoms with van der Waals surface area (Å²) in [6.07, 6.45) is 2.85. The lowest BCUT2D eigenvalue weighted by molar-refractivity contribution is 0.196. The van der Waals surface area contributed by atoms with Crippen molar-refractivity contribution in [3.63, 3.8) is 0 Å². The SMILES string of the molecule is CC(Cc1ccc2nc[nH]c2c1)N1CCN(c2ccccc2)CC1. The van der Waals surface area contributed by atoms with Gasteiger partial charge in [0.2, 0.25) is 0 Å². The van der Waals surface area contributed by atoms with Crippen LogP contribution in [0.3, 0.4) is 0 Å². The molecule has 2 heterocycles. The molecular formula is C20H24N4. The maximum absolute atomic E-state index is 4.29. The van der Waals surface area contributed by atoms with Crippen LogP contribution in [0.1, 0.15) is 12.5 Å². The molecular weight excluding hydrogens is 296 g/mol. The molecule has 1 fully saturated rings. The first-order valence-electron chi connectivity index (χ1n) is 8.76. The Morgan fingerprint density at radius 3 is 2.62 bits per heavy atom. The zero-order chi connectivity index (χ0) is 16.4. The van der Waals surface area contributed by atoms with Crippen LogP contribution in [0.5, 0.6) is 0 Å². The van der Waals surface area contributed by atoms with Gasteiger partial charge >= 0.3 is 0 Å². The normalized spacial score (nSPS) is 17.3. The van der Waals surface area contributed by atoms with Crippen LogP contribution in [0.2, 0.25) is 0 Å². The van der Waals surface area contributed by atoms with Gasteiger partial charge in [-0.1, -0.05) is 24.3 Å². The lowest BCUT2D eigenvalue weighted by Gasteiger charge is -2.39. The molecule has 0 bridgehead atoms. The van der Waals surface area contributed by atoms with Gasteiger partial charge in [0.1, 0.15) is 0 Å². The highest BCUT2D eigenvalue weighted by Gasteiger charge is 2.21. The highest BCUT2D eigenvalue weighted by Crippen LogP contribution is 2.19. The lowest BCUT2D eigenvalue weighted by atomic mass is 10.0. The number of nitrogens with zero attached hydrogens (tertiary/aromatic N) is 3. The van der Waals surface area contributed by atoms with E-state index >= 15 is 0 Å². The molecule has 0 radical (unpaired) electrons. The maximum atomic E-state index is 4.29. The number of nitrogens with one attached hydrogen (secondary N) is 1.